The molecule has 20 heavy (non-hydrogen) atoms. The van der Waals surface area contributed by atoms with Gasteiger partial charge in [-0.2, -0.15) is 5.10 Å². The van der Waals surface area contributed by atoms with E-state index in [1.165, 1.54) is 41.2 Å². The zero-order valence-corrected chi connectivity index (χ0v) is 10.0. The van der Waals surface area contributed by atoms with Crippen molar-refractivity contribution in [1.82, 2.24) is 20.3 Å². The van der Waals surface area contributed by atoms with E-state index in [9.17, 15) is 14.3 Å². The Bertz CT molecular complexity index is 811. The molecule has 0 atom stereocenters. The number of nitrogens with zero attached hydrogens (tertiary/aromatic N) is 3. The number of carbonyl (C=O) groups is 1. The third-order valence-electron chi connectivity index (χ3n) is 2.90. The Hall–Kier alpha value is -2.96. The highest BCUT2D eigenvalue weighted by Crippen LogP contribution is 2.29. The standard InChI is InChI=1S/C13H8FN4O2/c14-8-3-1-7(2-4-8)9-5-10(19)11(12(15)20)13-16-6-17-18(9)13/h1-6,15,19H. The number of fused-ring (bicyclic) bond motifs is 1. The number of nitrogens with one attached hydrogen (secondary N) is 1. The molecule has 6 nitrogen and oxygen atoms in total. The van der Waals surface area contributed by atoms with Crippen molar-refractivity contribution >= 4 is 11.6 Å². The Morgan fingerprint density at radius 3 is 2.65 bits per heavy atom. The molecule has 0 fully saturated rings. The maximum Gasteiger partial charge on any atom is 0.277 e. The summed E-state index contributed by atoms with van der Waals surface area (Å²) in [5.74, 6) is -1.79. The number of pyridine rings is 1. The van der Waals surface area contributed by atoms with Crippen LogP contribution in [-0.2, 0) is 0 Å². The lowest BCUT2D eigenvalue weighted by atomic mass is 10.1. The molecular weight excluding hydrogens is 263 g/mol. The molecule has 1 radical (unpaired) electrons. The van der Waals surface area contributed by atoms with Gasteiger partial charge in [-0.3, -0.25) is 10.5 Å². The second-order valence-corrected chi connectivity index (χ2v) is 4.12. The average molecular weight is 271 g/mol. The number of carbonyl (C=O) groups excluding carboxylic acids is 1. The predicted molar refractivity (Wildman–Crippen MR) is 67.5 cm³/mol. The molecule has 0 saturated carbocycles. The molecule has 0 unspecified atom stereocenters. The van der Waals surface area contributed by atoms with Gasteiger partial charge in [-0.25, -0.2) is 13.9 Å². The number of hydrogen-bond acceptors (Lipinski definition) is 4. The first kappa shape index (κ1) is 12.1. The molecule has 1 amide bonds. The van der Waals surface area contributed by atoms with E-state index in [1.54, 1.807) is 0 Å². The van der Waals surface area contributed by atoms with Crippen molar-refractivity contribution in [3.8, 4) is 17.0 Å². The SMILES string of the molecule is [NH]C(=O)c1c(O)cc(-c2ccc(F)cc2)n2ncnc12. The molecule has 2 aromatic heterocycles. The van der Waals surface area contributed by atoms with Crippen molar-refractivity contribution in [3.05, 3.63) is 48.0 Å². The summed E-state index contributed by atoms with van der Waals surface area (Å²) in [5.41, 5.74) is 8.07. The minimum atomic E-state index is -1.05. The van der Waals surface area contributed by atoms with Crippen LogP contribution in [0.3, 0.4) is 0 Å². The van der Waals surface area contributed by atoms with Crippen LogP contribution in [0.5, 0.6) is 5.75 Å². The van der Waals surface area contributed by atoms with Gasteiger partial charge in [0.05, 0.1) is 5.69 Å². The topological polar surface area (TPSA) is 91.3 Å². The van der Waals surface area contributed by atoms with Crippen molar-refractivity contribution < 1.29 is 14.3 Å². The smallest absolute Gasteiger partial charge is 0.277 e. The first-order chi connectivity index (χ1) is 9.58. The van der Waals surface area contributed by atoms with Crippen LogP contribution in [0.25, 0.3) is 16.9 Å². The lowest BCUT2D eigenvalue weighted by Gasteiger charge is -2.08. The van der Waals surface area contributed by atoms with Gasteiger partial charge in [0, 0.05) is 11.6 Å². The molecule has 2 heterocycles. The summed E-state index contributed by atoms with van der Waals surface area (Å²) < 4.78 is 14.3. The number of halogens is 1. The fourth-order valence-corrected chi connectivity index (χ4v) is 2.01. The van der Waals surface area contributed by atoms with Gasteiger partial charge >= 0.3 is 0 Å². The average Bonchev–Trinajstić information content (AvgIpc) is 2.87. The highest BCUT2D eigenvalue weighted by molar-refractivity contribution is 6.01. The van der Waals surface area contributed by atoms with Crippen LogP contribution < -0.4 is 5.73 Å². The molecule has 0 aliphatic rings. The monoisotopic (exact) mass is 271 g/mol. The highest BCUT2D eigenvalue weighted by atomic mass is 19.1. The molecule has 99 valence electrons. The van der Waals surface area contributed by atoms with E-state index >= 15 is 0 Å². The second kappa shape index (κ2) is 4.30. The first-order valence-corrected chi connectivity index (χ1v) is 5.65. The zero-order chi connectivity index (χ0) is 14.3. The van der Waals surface area contributed by atoms with Crippen LogP contribution >= 0.6 is 0 Å². The number of hydrogen-bond donors (Lipinski definition) is 1. The van der Waals surface area contributed by atoms with E-state index in [0.29, 0.717) is 11.3 Å². The largest absolute Gasteiger partial charge is 0.507 e. The van der Waals surface area contributed by atoms with Gasteiger partial charge in [0.25, 0.3) is 5.91 Å². The Morgan fingerprint density at radius 2 is 2.00 bits per heavy atom. The molecule has 0 aliphatic heterocycles. The quantitative estimate of drug-likeness (QED) is 0.767. The summed E-state index contributed by atoms with van der Waals surface area (Å²) in [5, 5.41) is 13.9. The Balaban J connectivity index is 2.33. The molecule has 3 rings (SSSR count). The van der Waals surface area contributed by atoms with Gasteiger partial charge in [0.2, 0.25) is 0 Å². The normalized spacial score (nSPS) is 10.8. The van der Waals surface area contributed by atoms with E-state index in [-0.39, 0.29) is 22.8 Å². The van der Waals surface area contributed by atoms with Gasteiger partial charge in [-0.05, 0) is 24.3 Å². The maximum atomic E-state index is 13.0. The van der Waals surface area contributed by atoms with E-state index in [0.717, 1.165) is 0 Å². The summed E-state index contributed by atoms with van der Waals surface area (Å²) in [6.45, 7) is 0. The van der Waals surface area contributed by atoms with Gasteiger partial charge in [-0.15, -0.1) is 0 Å². The molecule has 3 aromatic rings. The van der Waals surface area contributed by atoms with Crippen LogP contribution in [0.2, 0.25) is 0 Å². The Kier molecular flexibility index (Phi) is 2.60. The van der Waals surface area contributed by atoms with Crippen molar-refractivity contribution in [2.24, 2.45) is 0 Å². The lowest BCUT2D eigenvalue weighted by Crippen LogP contribution is -2.05. The summed E-state index contributed by atoms with van der Waals surface area (Å²) in [7, 11) is 0. The summed E-state index contributed by atoms with van der Waals surface area (Å²) in [4.78, 5) is 15.1. The summed E-state index contributed by atoms with van der Waals surface area (Å²) in [6.07, 6.45) is 1.22. The third-order valence-corrected chi connectivity index (χ3v) is 2.90. The molecule has 0 aliphatic carbocycles. The molecule has 7 heteroatoms. The molecule has 1 aromatic carbocycles. The number of benzene rings is 1. The Morgan fingerprint density at radius 1 is 1.30 bits per heavy atom. The maximum absolute atomic E-state index is 13.0. The first-order valence-electron chi connectivity index (χ1n) is 5.65. The van der Waals surface area contributed by atoms with Crippen LogP contribution in [0.1, 0.15) is 10.4 Å². The minimum Gasteiger partial charge on any atom is -0.507 e. The number of amides is 1. The predicted octanol–water partition coefficient (Wildman–Crippen LogP) is 1.66. The van der Waals surface area contributed by atoms with E-state index < -0.39 is 5.91 Å². The molecule has 0 spiro atoms. The zero-order valence-electron chi connectivity index (χ0n) is 10.0. The van der Waals surface area contributed by atoms with Crippen molar-refractivity contribution in [3.63, 3.8) is 0 Å². The van der Waals surface area contributed by atoms with E-state index in [2.05, 4.69) is 10.1 Å². The van der Waals surface area contributed by atoms with Crippen molar-refractivity contribution in [2.45, 2.75) is 0 Å². The lowest BCUT2D eigenvalue weighted by molar-refractivity contribution is 0.0990. The van der Waals surface area contributed by atoms with Crippen LogP contribution in [-0.4, -0.2) is 25.6 Å². The van der Waals surface area contributed by atoms with Gasteiger partial charge in [0.1, 0.15) is 23.5 Å². The summed E-state index contributed by atoms with van der Waals surface area (Å²) >= 11 is 0. The minimum absolute atomic E-state index is 0.0873. The Labute approximate surface area is 112 Å². The third kappa shape index (κ3) is 1.76. The number of aromatic hydroxyl groups is 1. The van der Waals surface area contributed by atoms with Crippen LogP contribution in [0, 0.1) is 5.82 Å². The van der Waals surface area contributed by atoms with E-state index in [1.807, 2.05) is 0 Å². The summed E-state index contributed by atoms with van der Waals surface area (Å²) in [6, 6.07) is 6.90. The molecule has 2 N–H and O–H groups in total. The van der Waals surface area contributed by atoms with Gasteiger partial charge < -0.3 is 5.11 Å². The number of rotatable bonds is 2. The van der Waals surface area contributed by atoms with Crippen molar-refractivity contribution in [1.29, 1.82) is 0 Å². The highest BCUT2D eigenvalue weighted by Gasteiger charge is 2.19. The number of aromatic nitrogens is 3. The van der Waals surface area contributed by atoms with Gasteiger partial charge in [-0.1, -0.05) is 0 Å². The fraction of sp³-hybridized carbons (Fsp3) is 0. The second-order valence-electron chi connectivity index (χ2n) is 4.12. The molecular formula is C13H8FN4O2. The molecule has 0 saturated heterocycles. The van der Waals surface area contributed by atoms with E-state index in [4.69, 9.17) is 5.73 Å². The van der Waals surface area contributed by atoms with Gasteiger partial charge in [0.15, 0.2) is 5.65 Å². The molecule has 0 bridgehead atoms. The fourth-order valence-electron chi connectivity index (χ4n) is 2.01. The van der Waals surface area contributed by atoms with Crippen LogP contribution in [0.4, 0.5) is 4.39 Å². The van der Waals surface area contributed by atoms with Crippen LogP contribution in [0.15, 0.2) is 36.7 Å². The van der Waals surface area contributed by atoms with Crippen molar-refractivity contribution in [2.75, 3.05) is 0 Å².